The first-order valence-corrected chi connectivity index (χ1v) is 9.29. The normalized spacial score (nSPS) is 15.2. The zero-order chi connectivity index (χ0) is 18.7. The van der Waals surface area contributed by atoms with E-state index in [9.17, 15) is 0 Å². The van der Waals surface area contributed by atoms with Gasteiger partial charge in [0.1, 0.15) is 5.75 Å². The van der Waals surface area contributed by atoms with Crippen molar-refractivity contribution >= 4 is 23.0 Å². The third-order valence-electron chi connectivity index (χ3n) is 4.99. The molecule has 26 heavy (non-hydrogen) atoms. The molecule has 140 valence electrons. The Kier molecular flexibility index (Phi) is 5.78. The smallest absolute Gasteiger partial charge is 0.173 e. The molecule has 1 aromatic heterocycles. The fraction of sp³-hybridized carbons (Fsp3) is 0.474. The molecule has 1 fully saturated rings. The first-order valence-electron chi connectivity index (χ1n) is 8.88. The first kappa shape index (κ1) is 18.7. The maximum Gasteiger partial charge on any atom is 0.173 e. The SMILES string of the molecule is COc1ccc(C)cc1NC(=S)N1CCN(Cc2cnn(C)c2C)CC1. The van der Waals surface area contributed by atoms with E-state index in [-0.39, 0.29) is 0 Å². The molecule has 1 aliphatic rings. The summed E-state index contributed by atoms with van der Waals surface area (Å²) in [5, 5.41) is 8.44. The Morgan fingerprint density at radius 2 is 1.96 bits per heavy atom. The van der Waals surface area contributed by atoms with E-state index in [4.69, 9.17) is 17.0 Å². The van der Waals surface area contributed by atoms with Crippen LogP contribution in [0, 0.1) is 13.8 Å². The molecule has 1 aliphatic heterocycles. The number of benzene rings is 1. The molecule has 0 saturated carbocycles. The first-order chi connectivity index (χ1) is 12.5. The summed E-state index contributed by atoms with van der Waals surface area (Å²) < 4.78 is 7.36. The molecular weight excluding hydrogens is 346 g/mol. The summed E-state index contributed by atoms with van der Waals surface area (Å²) in [7, 11) is 3.67. The van der Waals surface area contributed by atoms with E-state index in [0.29, 0.717) is 0 Å². The highest BCUT2D eigenvalue weighted by Crippen LogP contribution is 2.25. The second-order valence-electron chi connectivity index (χ2n) is 6.78. The fourth-order valence-corrected chi connectivity index (χ4v) is 3.46. The Labute approximate surface area is 160 Å². The van der Waals surface area contributed by atoms with Gasteiger partial charge in [0.05, 0.1) is 19.0 Å². The van der Waals surface area contributed by atoms with Crippen LogP contribution < -0.4 is 10.1 Å². The van der Waals surface area contributed by atoms with E-state index in [0.717, 1.165) is 49.3 Å². The standard InChI is InChI=1S/C19H27N5OS/c1-14-5-6-18(25-4)17(11-14)21-19(26)24-9-7-23(8-10-24)13-16-12-20-22(3)15(16)2/h5-6,11-12H,7-10,13H2,1-4H3,(H,21,26). The van der Waals surface area contributed by atoms with Crippen molar-refractivity contribution in [1.82, 2.24) is 19.6 Å². The Bertz CT molecular complexity index is 780. The number of nitrogens with one attached hydrogen (secondary N) is 1. The van der Waals surface area contributed by atoms with Crippen LogP contribution in [0.5, 0.6) is 5.75 Å². The Morgan fingerprint density at radius 1 is 1.23 bits per heavy atom. The summed E-state index contributed by atoms with van der Waals surface area (Å²) in [6.07, 6.45) is 1.97. The van der Waals surface area contributed by atoms with E-state index < -0.39 is 0 Å². The van der Waals surface area contributed by atoms with Crippen LogP contribution in [0.2, 0.25) is 0 Å². The minimum absolute atomic E-state index is 0.756. The summed E-state index contributed by atoms with van der Waals surface area (Å²) in [4.78, 5) is 4.68. The van der Waals surface area contributed by atoms with Gasteiger partial charge >= 0.3 is 0 Å². The van der Waals surface area contributed by atoms with E-state index in [2.05, 4.69) is 40.1 Å². The molecule has 7 heteroatoms. The molecule has 2 heterocycles. The quantitative estimate of drug-likeness (QED) is 0.831. The zero-order valence-electron chi connectivity index (χ0n) is 16.0. The second kappa shape index (κ2) is 8.05. The van der Waals surface area contributed by atoms with Gasteiger partial charge in [0.15, 0.2) is 5.11 Å². The third kappa shape index (κ3) is 4.16. The van der Waals surface area contributed by atoms with Gasteiger partial charge in [-0.3, -0.25) is 9.58 Å². The van der Waals surface area contributed by atoms with E-state index in [1.54, 1.807) is 7.11 Å². The summed E-state index contributed by atoms with van der Waals surface area (Å²) in [5.74, 6) is 0.809. The lowest BCUT2D eigenvalue weighted by atomic mass is 10.2. The lowest BCUT2D eigenvalue weighted by Crippen LogP contribution is -2.49. The number of hydrogen-bond acceptors (Lipinski definition) is 4. The number of thiocarbonyl (C=S) groups is 1. The van der Waals surface area contributed by atoms with Crippen LogP contribution in [0.15, 0.2) is 24.4 Å². The molecule has 2 aromatic rings. The van der Waals surface area contributed by atoms with Crippen molar-refractivity contribution in [2.45, 2.75) is 20.4 Å². The number of aromatic nitrogens is 2. The molecule has 0 bridgehead atoms. The Morgan fingerprint density at radius 3 is 2.58 bits per heavy atom. The molecule has 0 amide bonds. The van der Waals surface area contributed by atoms with Crippen molar-refractivity contribution in [3.05, 3.63) is 41.2 Å². The minimum Gasteiger partial charge on any atom is -0.495 e. The van der Waals surface area contributed by atoms with Crippen molar-refractivity contribution in [3.8, 4) is 5.75 Å². The number of piperazine rings is 1. The van der Waals surface area contributed by atoms with E-state index >= 15 is 0 Å². The van der Waals surface area contributed by atoms with Crippen LogP contribution in [0.4, 0.5) is 5.69 Å². The van der Waals surface area contributed by atoms with Crippen LogP contribution in [0.3, 0.4) is 0 Å². The number of hydrogen-bond donors (Lipinski definition) is 1. The van der Waals surface area contributed by atoms with Crippen LogP contribution in [-0.4, -0.2) is 58.0 Å². The van der Waals surface area contributed by atoms with Crippen LogP contribution in [-0.2, 0) is 13.6 Å². The molecule has 3 rings (SSSR count). The fourth-order valence-electron chi connectivity index (χ4n) is 3.16. The number of aryl methyl sites for hydroxylation is 2. The van der Waals surface area contributed by atoms with Gasteiger partial charge in [-0.2, -0.15) is 5.10 Å². The van der Waals surface area contributed by atoms with Crippen molar-refractivity contribution in [3.63, 3.8) is 0 Å². The van der Waals surface area contributed by atoms with Gasteiger partial charge in [0.2, 0.25) is 0 Å². The molecule has 0 radical (unpaired) electrons. The topological polar surface area (TPSA) is 45.6 Å². The summed E-state index contributed by atoms with van der Waals surface area (Å²) >= 11 is 5.63. The highest BCUT2D eigenvalue weighted by molar-refractivity contribution is 7.80. The van der Waals surface area contributed by atoms with Crippen LogP contribution >= 0.6 is 12.2 Å². The second-order valence-corrected chi connectivity index (χ2v) is 7.16. The van der Waals surface area contributed by atoms with Gasteiger partial charge in [-0.1, -0.05) is 6.07 Å². The van der Waals surface area contributed by atoms with Gasteiger partial charge in [-0.25, -0.2) is 0 Å². The molecule has 0 spiro atoms. The molecule has 1 N–H and O–H groups in total. The van der Waals surface area contributed by atoms with E-state index in [1.165, 1.54) is 16.8 Å². The van der Waals surface area contributed by atoms with Crippen molar-refractivity contribution in [1.29, 1.82) is 0 Å². The Balaban J connectivity index is 1.55. The summed E-state index contributed by atoms with van der Waals surface area (Å²) in [5.41, 5.74) is 4.63. The maximum absolute atomic E-state index is 5.63. The highest BCUT2D eigenvalue weighted by atomic mass is 32.1. The number of nitrogens with zero attached hydrogens (tertiary/aromatic N) is 4. The zero-order valence-corrected chi connectivity index (χ0v) is 16.8. The van der Waals surface area contributed by atoms with Crippen molar-refractivity contribution in [2.75, 3.05) is 38.6 Å². The monoisotopic (exact) mass is 373 g/mol. The molecule has 0 unspecified atom stereocenters. The van der Waals surface area contributed by atoms with Gasteiger partial charge < -0.3 is 15.0 Å². The molecular formula is C19H27N5OS. The number of methoxy groups -OCH3 is 1. The molecule has 1 saturated heterocycles. The van der Waals surface area contributed by atoms with E-state index in [1.807, 2.05) is 30.1 Å². The number of anilines is 1. The van der Waals surface area contributed by atoms with Gasteiger partial charge in [0, 0.05) is 51.0 Å². The average Bonchev–Trinajstić information content (AvgIpc) is 2.94. The summed E-state index contributed by atoms with van der Waals surface area (Å²) in [6.45, 7) is 8.93. The van der Waals surface area contributed by atoms with Crippen molar-refractivity contribution in [2.24, 2.45) is 7.05 Å². The Hall–Kier alpha value is -2.12. The highest BCUT2D eigenvalue weighted by Gasteiger charge is 2.20. The summed E-state index contributed by atoms with van der Waals surface area (Å²) in [6, 6.07) is 6.06. The predicted octanol–water partition coefficient (Wildman–Crippen LogP) is 2.56. The van der Waals surface area contributed by atoms with Gasteiger partial charge in [0.25, 0.3) is 0 Å². The van der Waals surface area contributed by atoms with Crippen molar-refractivity contribution < 1.29 is 4.74 Å². The van der Waals surface area contributed by atoms with Gasteiger partial charge in [-0.15, -0.1) is 0 Å². The maximum atomic E-state index is 5.63. The van der Waals surface area contributed by atoms with Crippen LogP contribution in [0.1, 0.15) is 16.8 Å². The van der Waals surface area contributed by atoms with Crippen LogP contribution in [0.25, 0.3) is 0 Å². The molecule has 1 aromatic carbocycles. The molecule has 6 nitrogen and oxygen atoms in total. The third-order valence-corrected chi connectivity index (χ3v) is 5.35. The lowest BCUT2D eigenvalue weighted by Gasteiger charge is -2.36. The number of ether oxygens (including phenoxy) is 1. The lowest BCUT2D eigenvalue weighted by molar-refractivity contribution is 0.176. The average molecular weight is 374 g/mol. The predicted molar refractivity (Wildman–Crippen MR) is 109 cm³/mol. The number of rotatable bonds is 4. The molecule has 0 atom stereocenters. The minimum atomic E-state index is 0.756. The van der Waals surface area contributed by atoms with Gasteiger partial charge in [-0.05, 0) is 43.8 Å². The largest absolute Gasteiger partial charge is 0.495 e. The molecule has 0 aliphatic carbocycles.